The van der Waals surface area contributed by atoms with Gasteiger partial charge in [-0.05, 0) is 17.7 Å². The zero-order valence-corrected chi connectivity index (χ0v) is 13.8. The molecule has 7 heteroatoms. The Bertz CT molecular complexity index is 781. The van der Waals surface area contributed by atoms with Crippen LogP contribution in [0.1, 0.15) is 18.4 Å². The molecule has 0 saturated heterocycles. The van der Waals surface area contributed by atoms with Crippen LogP contribution in [0.4, 0.5) is 5.13 Å². The molecule has 2 rings (SSSR count). The van der Waals surface area contributed by atoms with Crippen LogP contribution in [0.5, 0.6) is 0 Å². The number of thiazole rings is 1. The maximum atomic E-state index is 11.8. The van der Waals surface area contributed by atoms with Crippen LogP contribution in [0.25, 0.3) is 0 Å². The van der Waals surface area contributed by atoms with Gasteiger partial charge in [-0.3, -0.25) is 10.1 Å². The van der Waals surface area contributed by atoms with E-state index in [2.05, 4.69) is 10.3 Å². The Hall–Kier alpha value is -1.99. The SMILES string of the molecule is CC(C=CC(=O)Nc1nccs1)c1ccccc1S(C)(=O)=O. The smallest absolute Gasteiger partial charge is 0.249 e. The van der Waals surface area contributed by atoms with Crippen molar-refractivity contribution in [2.75, 3.05) is 11.6 Å². The predicted octanol–water partition coefficient (Wildman–Crippen LogP) is 2.85. The van der Waals surface area contributed by atoms with Gasteiger partial charge in [0, 0.05) is 23.8 Å². The molecule has 1 aromatic carbocycles. The minimum absolute atomic E-state index is 0.201. The quantitative estimate of drug-likeness (QED) is 0.852. The van der Waals surface area contributed by atoms with Crippen LogP contribution in [-0.2, 0) is 14.6 Å². The van der Waals surface area contributed by atoms with Crippen molar-refractivity contribution in [3.05, 3.63) is 53.6 Å². The number of nitrogens with zero attached hydrogens (tertiary/aromatic N) is 1. The molecule has 0 spiro atoms. The molecule has 22 heavy (non-hydrogen) atoms. The van der Waals surface area contributed by atoms with E-state index in [0.717, 1.165) is 0 Å². The molecule has 116 valence electrons. The summed E-state index contributed by atoms with van der Waals surface area (Å²) in [6.07, 6.45) is 5.85. The van der Waals surface area contributed by atoms with Gasteiger partial charge in [0.2, 0.25) is 5.91 Å². The van der Waals surface area contributed by atoms with E-state index >= 15 is 0 Å². The van der Waals surface area contributed by atoms with Crippen LogP contribution in [-0.4, -0.2) is 25.6 Å². The molecule has 2 aromatic rings. The summed E-state index contributed by atoms with van der Waals surface area (Å²) < 4.78 is 23.6. The molecular formula is C15H16N2O3S2. The van der Waals surface area contributed by atoms with Gasteiger partial charge in [0.1, 0.15) is 0 Å². The number of nitrogens with one attached hydrogen (secondary N) is 1. The molecule has 0 aliphatic heterocycles. The van der Waals surface area contributed by atoms with E-state index in [-0.39, 0.29) is 16.7 Å². The van der Waals surface area contributed by atoms with Gasteiger partial charge in [0.25, 0.3) is 0 Å². The molecule has 1 atom stereocenters. The second kappa shape index (κ2) is 6.85. The first-order valence-electron chi connectivity index (χ1n) is 6.55. The van der Waals surface area contributed by atoms with Crippen LogP contribution in [0.2, 0.25) is 0 Å². The van der Waals surface area contributed by atoms with Crippen LogP contribution < -0.4 is 5.32 Å². The largest absolute Gasteiger partial charge is 0.298 e. The number of allylic oxidation sites excluding steroid dienone is 1. The lowest BCUT2D eigenvalue weighted by molar-refractivity contribution is -0.111. The second-order valence-corrected chi connectivity index (χ2v) is 7.66. The Labute approximate surface area is 133 Å². The van der Waals surface area contributed by atoms with Crippen molar-refractivity contribution in [2.45, 2.75) is 17.7 Å². The summed E-state index contributed by atoms with van der Waals surface area (Å²) in [4.78, 5) is 16.0. The second-order valence-electron chi connectivity index (χ2n) is 4.78. The fourth-order valence-electron chi connectivity index (χ4n) is 1.96. The Morgan fingerprint density at radius 3 is 2.73 bits per heavy atom. The molecule has 0 saturated carbocycles. The first kappa shape index (κ1) is 16.4. The number of benzene rings is 1. The molecule has 1 heterocycles. The monoisotopic (exact) mass is 336 g/mol. The lowest BCUT2D eigenvalue weighted by Gasteiger charge is -2.11. The third kappa shape index (κ3) is 4.25. The number of aromatic nitrogens is 1. The van der Waals surface area contributed by atoms with E-state index in [9.17, 15) is 13.2 Å². The minimum atomic E-state index is -3.30. The van der Waals surface area contributed by atoms with E-state index in [1.807, 2.05) is 6.92 Å². The van der Waals surface area contributed by atoms with Gasteiger partial charge < -0.3 is 0 Å². The van der Waals surface area contributed by atoms with Crippen LogP contribution in [0.15, 0.2) is 52.9 Å². The highest BCUT2D eigenvalue weighted by molar-refractivity contribution is 7.90. The van der Waals surface area contributed by atoms with E-state index in [0.29, 0.717) is 10.7 Å². The molecule has 0 fully saturated rings. The van der Waals surface area contributed by atoms with E-state index in [4.69, 9.17) is 0 Å². The van der Waals surface area contributed by atoms with Gasteiger partial charge in [0.05, 0.1) is 4.90 Å². The van der Waals surface area contributed by atoms with Crippen molar-refractivity contribution >= 4 is 32.2 Å². The van der Waals surface area contributed by atoms with Crippen molar-refractivity contribution in [3.8, 4) is 0 Å². The van der Waals surface area contributed by atoms with Crippen molar-refractivity contribution in [1.82, 2.24) is 4.98 Å². The number of carbonyl (C=O) groups is 1. The topological polar surface area (TPSA) is 76.1 Å². The molecule has 1 N–H and O–H groups in total. The summed E-state index contributed by atoms with van der Waals surface area (Å²) in [5, 5.41) is 4.93. The third-order valence-corrected chi connectivity index (χ3v) is 4.87. The van der Waals surface area contributed by atoms with E-state index in [1.165, 1.54) is 23.7 Å². The van der Waals surface area contributed by atoms with Crippen LogP contribution in [0.3, 0.4) is 0 Å². The van der Waals surface area contributed by atoms with Crippen molar-refractivity contribution in [3.63, 3.8) is 0 Å². The van der Waals surface area contributed by atoms with Crippen molar-refractivity contribution in [2.24, 2.45) is 0 Å². The number of hydrogen-bond acceptors (Lipinski definition) is 5. The first-order chi connectivity index (χ1) is 10.4. The molecule has 0 aliphatic carbocycles. The molecular weight excluding hydrogens is 320 g/mol. The molecule has 0 radical (unpaired) electrons. The summed E-state index contributed by atoms with van der Waals surface area (Å²) in [6.45, 7) is 1.84. The molecule has 0 bridgehead atoms. The van der Waals surface area contributed by atoms with Gasteiger partial charge in [-0.1, -0.05) is 31.2 Å². The number of amides is 1. The highest BCUT2D eigenvalue weighted by atomic mass is 32.2. The third-order valence-electron chi connectivity index (χ3n) is 3.01. The first-order valence-corrected chi connectivity index (χ1v) is 9.32. The summed E-state index contributed by atoms with van der Waals surface area (Å²) >= 11 is 1.33. The zero-order chi connectivity index (χ0) is 16.2. The Morgan fingerprint density at radius 1 is 1.36 bits per heavy atom. The van der Waals surface area contributed by atoms with E-state index < -0.39 is 9.84 Å². The molecule has 1 unspecified atom stereocenters. The fourth-order valence-corrected chi connectivity index (χ4v) is 3.50. The number of rotatable bonds is 5. The standard InChI is InChI=1S/C15H16N2O3S2/c1-11(7-8-14(18)17-15-16-9-10-21-15)12-5-3-4-6-13(12)22(2,19)20/h3-11H,1-2H3,(H,16,17,18). The number of hydrogen-bond donors (Lipinski definition) is 1. The maximum Gasteiger partial charge on any atom is 0.249 e. The van der Waals surface area contributed by atoms with Crippen LogP contribution in [0, 0.1) is 0 Å². The van der Waals surface area contributed by atoms with Gasteiger partial charge in [-0.15, -0.1) is 11.3 Å². The van der Waals surface area contributed by atoms with Crippen molar-refractivity contribution < 1.29 is 13.2 Å². The number of carbonyl (C=O) groups excluding carboxylic acids is 1. The van der Waals surface area contributed by atoms with Crippen molar-refractivity contribution in [1.29, 1.82) is 0 Å². The average Bonchev–Trinajstić information content (AvgIpc) is 2.96. The van der Waals surface area contributed by atoms with Gasteiger partial charge >= 0.3 is 0 Å². The molecule has 1 aromatic heterocycles. The maximum absolute atomic E-state index is 11.8. The zero-order valence-electron chi connectivity index (χ0n) is 12.2. The number of sulfone groups is 1. The lowest BCUT2D eigenvalue weighted by atomic mass is 10.0. The van der Waals surface area contributed by atoms with Gasteiger partial charge in [0.15, 0.2) is 15.0 Å². The van der Waals surface area contributed by atoms with E-state index in [1.54, 1.807) is 41.9 Å². The highest BCUT2D eigenvalue weighted by Crippen LogP contribution is 2.24. The summed E-state index contributed by atoms with van der Waals surface area (Å²) in [7, 11) is -3.30. The average molecular weight is 336 g/mol. The van der Waals surface area contributed by atoms with Gasteiger partial charge in [-0.25, -0.2) is 13.4 Å². The fraction of sp³-hybridized carbons (Fsp3) is 0.200. The predicted molar refractivity (Wildman–Crippen MR) is 87.9 cm³/mol. The molecule has 0 aliphatic rings. The Balaban J connectivity index is 2.14. The lowest BCUT2D eigenvalue weighted by Crippen LogP contribution is -2.08. The van der Waals surface area contributed by atoms with Crippen LogP contribution >= 0.6 is 11.3 Å². The van der Waals surface area contributed by atoms with Gasteiger partial charge in [-0.2, -0.15) is 0 Å². The Kier molecular flexibility index (Phi) is 5.10. The summed E-state index contributed by atoms with van der Waals surface area (Å²) in [6, 6.07) is 6.80. The Morgan fingerprint density at radius 2 is 2.09 bits per heavy atom. The number of anilines is 1. The summed E-state index contributed by atoms with van der Waals surface area (Å²) in [5.74, 6) is -0.494. The minimum Gasteiger partial charge on any atom is -0.298 e. The summed E-state index contributed by atoms with van der Waals surface area (Å²) in [5.41, 5.74) is 0.670. The molecule has 5 nitrogen and oxygen atoms in total. The molecule has 1 amide bonds. The highest BCUT2D eigenvalue weighted by Gasteiger charge is 2.15. The normalized spacial score (nSPS) is 13.2.